The summed E-state index contributed by atoms with van der Waals surface area (Å²) < 4.78 is 10.6. The van der Waals surface area contributed by atoms with Crippen molar-refractivity contribution in [2.45, 2.75) is 6.54 Å². The van der Waals surface area contributed by atoms with Gasteiger partial charge in [-0.05, 0) is 29.8 Å². The Balaban J connectivity index is 1.69. The number of ether oxygens (including phenoxy) is 2. The van der Waals surface area contributed by atoms with Gasteiger partial charge in [-0.25, -0.2) is 0 Å². The Morgan fingerprint density at radius 3 is 2.80 bits per heavy atom. The van der Waals surface area contributed by atoms with Crippen LogP contribution in [0.25, 0.3) is 0 Å². The smallest absolute Gasteiger partial charge is 0.231 e. The van der Waals surface area contributed by atoms with E-state index in [4.69, 9.17) is 33.3 Å². The van der Waals surface area contributed by atoms with Gasteiger partial charge in [0.25, 0.3) is 0 Å². The van der Waals surface area contributed by atoms with Crippen LogP contribution in [0.1, 0.15) is 11.1 Å². The summed E-state index contributed by atoms with van der Waals surface area (Å²) in [5.41, 5.74) is 1.91. The number of halogens is 1. The molecule has 3 nitrogen and oxygen atoms in total. The summed E-state index contributed by atoms with van der Waals surface area (Å²) in [5.74, 6) is 1.48. The third-order valence-corrected chi connectivity index (χ3v) is 3.78. The van der Waals surface area contributed by atoms with Crippen molar-refractivity contribution in [1.29, 1.82) is 0 Å². The highest BCUT2D eigenvalue weighted by Crippen LogP contribution is 2.32. The Morgan fingerprint density at radius 2 is 1.95 bits per heavy atom. The number of nitrogens with one attached hydrogen (secondary N) is 1. The molecule has 0 amide bonds. The van der Waals surface area contributed by atoms with E-state index < -0.39 is 0 Å². The largest absolute Gasteiger partial charge is 0.454 e. The van der Waals surface area contributed by atoms with Crippen molar-refractivity contribution in [2.75, 3.05) is 6.79 Å². The van der Waals surface area contributed by atoms with Crippen LogP contribution in [-0.4, -0.2) is 11.8 Å². The first-order valence-electron chi connectivity index (χ1n) is 6.15. The number of fused-ring (bicyclic) bond motifs is 1. The molecule has 0 radical (unpaired) electrons. The van der Waals surface area contributed by atoms with E-state index in [2.05, 4.69) is 5.32 Å². The molecule has 0 aliphatic carbocycles. The first-order valence-corrected chi connectivity index (χ1v) is 6.94. The molecule has 0 unspecified atom stereocenters. The summed E-state index contributed by atoms with van der Waals surface area (Å²) in [6.45, 7) is 0.853. The van der Waals surface area contributed by atoms with Gasteiger partial charge in [0.1, 0.15) is 4.99 Å². The second-order valence-corrected chi connectivity index (χ2v) is 5.16. The molecule has 0 bridgehead atoms. The molecule has 20 heavy (non-hydrogen) atoms. The number of rotatable bonds is 3. The van der Waals surface area contributed by atoms with Crippen LogP contribution >= 0.6 is 23.8 Å². The fourth-order valence-electron chi connectivity index (χ4n) is 1.96. The third kappa shape index (κ3) is 2.71. The first-order chi connectivity index (χ1) is 9.74. The summed E-state index contributed by atoms with van der Waals surface area (Å²) in [6.07, 6.45) is 0. The normalized spacial score (nSPS) is 12.2. The van der Waals surface area contributed by atoms with E-state index in [9.17, 15) is 0 Å². The lowest BCUT2D eigenvalue weighted by Gasteiger charge is -2.10. The van der Waals surface area contributed by atoms with E-state index in [0.29, 0.717) is 11.5 Å². The van der Waals surface area contributed by atoms with Crippen molar-refractivity contribution < 1.29 is 9.47 Å². The molecule has 0 saturated carbocycles. The van der Waals surface area contributed by atoms with Gasteiger partial charge in [-0.3, -0.25) is 0 Å². The minimum absolute atomic E-state index is 0.263. The summed E-state index contributed by atoms with van der Waals surface area (Å²) >= 11 is 11.5. The van der Waals surface area contributed by atoms with E-state index in [1.54, 1.807) is 0 Å². The van der Waals surface area contributed by atoms with Crippen molar-refractivity contribution >= 4 is 28.8 Å². The molecule has 0 spiro atoms. The molecule has 2 aromatic rings. The molecule has 0 fully saturated rings. The summed E-state index contributed by atoms with van der Waals surface area (Å²) in [6, 6.07) is 13.3. The zero-order valence-electron chi connectivity index (χ0n) is 10.6. The van der Waals surface area contributed by atoms with Gasteiger partial charge in [0, 0.05) is 17.1 Å². The van der Waals surface area contributed by atoms with Crippen molar-refractivity contribution in [2.24, 2.45) is 0 Å². The standard InChI is InChI=1S/C15H12ClNO2S/c16-12-4-2-1-3-11(12)8-17-15(20)10-5-6-13-14(7-10)19-9-18-13/h1-7H,8-9H2,(H,17,20). The summed E-state index contributed by atoms with van der Waals surface area (Å²) in [4.78, 5) is 0.656. The predicted molar refractivity (Wildman–Crippen MR) is 82.6 cm³/mol. The van der Waals surface area contributed by atoms with Crippen LogP contribution in [0.3, 0.4) is 0 Å². The van der Waals surface area contributed by atoms with Crippen LogP contribution in [0, 0.1) is 0 Å². The van der Waals surface area contributed by atoms with E-state index in [0.717, 1.165) is 27.6 Å². The summed E-state index contributed by atoms with van der Waals surface area (Å²) in [5, 5.41) is 3.93. The molecule has 1 heterocycles. The SMILES string of the molecule is S=C(NCc1ccccc1Cl)c1ccc2c(c1)OCO2. The Labute approximate surface area is 127 Å². The maximum absolute atomic E-state index is 6.11. The number of hydrogen-bond donors (Lipinski definition) is 1. The van der Waals surface area contributed by atoms with Crippen LogP contribution in [0.5, 0.6) is 11.5 Å². The van der Waals surface area contributed by atoms with Gasteiger partial charge in [0.15, 0.2) is 11.5 Å². The monoisotopic (exact) mass is 305 g/mol. The van der Waals surface area contributed by atoms with Crippen LogP contribution in [0.4, 0.5) is 0 Å². The van der Waals surface area contributed by atoms with E-state index in [-0.39, 0.29) is 6.79 Å². The lowest BCUT2D eigenvalue weighted by Crippen LogP contribution is -2.21. The molecule has 1 N–H and O–H groups in total. The average Bonchev–Trinajstić information content (AvgIpc) is 2.93. The Bertz CT molecular complexity index is 660. The van der Waals surface area contributed by atoms with Gasteiger partial charge < -0.3 is 14.8 Å². The van der Waals surface area contributed by atoms with Crippen LogP contribution in [-0.2, 0) is 6.54 Å². The molecule has 1 aliphatic heterocycles. The molecular formula is C15H12ClNO2S. The lowest BCUT2D eigenvalue weighted by molar-refractivity contribution is 0.174. The Kier molecular flexibility index (Phi) is 3.76. The quantitative estimate of drug-likeness (QED) is 0.879. The molecular weight excluding hydrogens is 294 g/mol. The topological polar surface area (TPSA) is 30.5 Å². The first kappa shape index (κ1) is 13.2. The maximum Gasteiger partial charge on any atom is 0.231 e. The fourth-order valence-corrected chi connectivity index (χ4v) is 2.36. The second-order valence-electron chi connectivity index (χ2n) is 4.34. The highest BCUT2D eigenvalue weighted by Gasteiger charge is 2.14. The number of hydrogen-bond acceptors (Lipinski definition) is 3. The number of thiocarbonyl (C=S) groups is 1. The molecule has 102 valence electrons. The average molecular weight is 306 g/mol. The molecule has 1 aliphatic rings. The highest BCUT2D eigenvalue weighted by atomic mass is 35.5. The second kappa shape index (κ2) is 5.69. The van der Waals surface area contributed by atoms with E-state index in [1.165, 1.54) is 0 Å². The minimum atomic E-state index is 0.263. The highest BCUT2D eigenvalue weighted by molar-refractivity contribution is 7.80. The Hall–Kier alpha value is -1.78. The van der Waals surface area contributed by atoms with Crippen LogP contribution in [0.2, 0.25) is 5.02 Å². The molecule has 0 atom stereocenters. The van der Waals surface area contributed by atoms with Gasteiger partial charge in [-0.15, -0.1) is 0 Å². The van der Waals surface area contributed by atoms with Gasteiger partial charge in [0.2, 0.25) is 6.79 Å². The molecule has 2 aromatic carbocycles. The fraction of sp³-hybridized carbons (Fsp3) is 0.133. The molecule has 5 heteroatoms. The van der Waals surface area contributed by atoms with Crippen LogP contribution < -0.4 is 14.8 Å². The minimum Gasteiger partial charge on any atom is -0.454 e. The molecule has 0 aromatic heterocycles. The van der Waals surface area contributed by atoms with Crippen LogP contribution in [0.15, 0.2) is 42.5 Å². The molecule has 3 rings (SSSR count). The Morgan fingerprint density at radius 1 is 1.15 bits per heavy atom. The third-order valence-electron chi connectivity index (χ3n) is 3.03. The van der Waals surface area contributed by atoms with Gasteiger partial charge in [0.05, 0.1) is 0 Å². The van der Waals surface area contributed by atoms with Gasteiger partial charge in [-0.1, -0.05) is 42.0 Å². The van der Waals surface area contributed by atoms with Crippen molar-refractivity contribution in [3.8, 4) is 11.5 Å². The maximum atomic E-state index is 6.11. The number of benzene rings is 2. The van der Waals surface area contributed by atoms with Crippen molar-refractivity contribution in [3.63, 3.8) is 0 Å². The lowest BCUT2D eigenvalue weighted by atomic mass is 10.2. The van der Waals surface area contributed by atoms with Gasteiger partial charge in [-0.2, -0.15) is 0 Å². The zero-order valence-corrected chi connectivity index (χ0v) is 12.1. The molecule has 0 saturated heterocycles. The zero-order chi connectivity index (χ0) is 13.9. The predicted octanol–water partition coefficient (Wildman–Crippen LogP) is 3.53. The van der Waals surface area contributed by atoms with Crippen molar-refractivity contribution in [3.05, 3.63) is 58.6 Å². The van der Waals surface area contributed by atoms with Gasteiger partial charge >= 0.3 is 0 Å². The van der Waals surface area contributed by atoms with E-state index >= 15 is 0 Å². The van der Waals surface area contributed by atoms with Crippen molar-refractivity contribution in [1.82, 2.24) is 5.32 Å². The summed E-state index contributed by atoms with van der Waals surface area (Å²) in [7, 11) is 0. The van der Waals surface area contributed by atoms with E-state index in [1.807, 2.05) is 42.5 Å².